The van der Waals surface area contributed by atoms with Gasteiger partial charge in [0, 0.05) is 6.61 Å². The maximum Gasteiger partial charge on any atom is 0.161 e. The lowest BCUT2D eigenvalue weighted by Gasteiger charge is -2.20. The van der Waals surface area contributed by atoms with E-state index in [1.165, 1.54) is 0 Å². The van der Waals surface area contributed by atoms with Crippen LogP contribution in [-0.2, 0) is 9.47 Å². The zero-order valence-electron chi connectivity index (χ0n) is 10.7. The summed E-state index contributed by atoms with van der Waals surface area (Å²) in [5.74, 6) is 1.42. The summed E-state index contributed by atoms with van der Waals surface area (Å²) in [4.78, 5) is 0. The van der Waals surface area contributed by atoms with Gasteiger partial charge >= 0.3 is 0 Å². The maximum absolute atomic E-state index is 10.1. The number of aliphatic hydroxyl groups is 1. The van der Waals surface area contributed by atoms with Gasteiger partial charge in [0.2, 0.25) is 0 Å². The Morgan fingerprint density at radius 3 is 2.84 bits per heavy atom. The van der Waals surface area contributed by atoms with Crippen molar-refractivity contribution in [2.75, 3.05) is 33.0 Å². The van der Waals surface area contributed by atoms with Crippen molar-refractivity contribution in [3.05, 3.63) is 23.8 Å². The predicted octanol–water partition coefficient (Wildman–Crippen LogP) is 1.30. The van der Waals surface area contributed by atoms with E-state index in [0.717, 1.165) is 24.3 Å². The van der Waals surface area contributed by atoms with Crippen LogP contribution in [0.5, 0.6) is 11.5 Å². The Hall–Kier alpha value is -1.30. The molecule has 0 saturated carbocycles. The first-order valence-corrected chi connectivity index (χ1v) is 6.60. The molecule has 0 radical (unpaired) electrons. The highest BCUT2D eigenvalue weighted by atomic mass is 16.6. The molecule has 2 aliphatic rings. The molecular weight excluding hydrogens is 248 g/mol. The van der Waals surface area contributed by atoms with Gasteiger partial charge in [-0.3, -0.25) is 0 Å². The highest BCUT2D eigenvalue weighted by molar-refractivity contribution is 5.44. The summed E-state index contributed by atoms with van der Waals surface area (Å²) in [7, 11) is 0. The van der Waals surface area contributed by atoms with Crippen LogP contribution in [-0.4, -0.2) is 44.2 Å². The van der Waals surface area contributed by atoms with Crippen LogP contribution in [0.3, 0.4) is 0 Å². The van der Waals surface area contributed by atoms with E-state index in [-0.39, 0.29) is 12.7 Å². The minimum Gasteiger partial charge on any atom is -0.486 e. The van der Waals surface area contributed by atoms with Crippen molar-refractivity contribution in [3.8, 4) is 11.5 Å². The van der Waals surface area contributed by atoms with Gasteiger partial charge in [-0.2, -0.15) is 0 Å². The van der Waals surface area contributed by atoms with Crippen molar-refractivity contribution in [1.29, 1.82) is 0 Å². The van der Waals surface area contributed by atoms with Crippen molar-refractivity contribution < 1.29 is 24.1 Å². The molecule has 19 heavy (non-hydrogen) atoms. The fourth-order valence-corrected chi connectivity index (χ4v) is 2.24. The highest BCUT2D eigenvalue weighted by Crippen LogP contribution is 2.32. The Morgan fingerprint density at radius 1 is 1.21 bits per heavy atom. The molecule has 1 saturated heterocycles. The maximum atomic E-state index is 10.1. The largest absolute Gasteiger partial charge is 0.486 e. The molecule has 0 spiro atoms. The summed E-state index contributed by atoms with van der Waals surface area (Å²) >= 11 is 0. The van der Waals surface area contributed by atoms with E-state index in [1.807, 2.05) is 18.2 Å². The zero-order chi connectivity index (χ0) is 13.1. The summed E-state index contributed by atoms with van der Waals surface area (Å²) < 4.78 is 21.8. The summed E-state index contributed by atoms with van der Waals surface area (Å²) in [5, 5.41) is 10.1. The molecule has 0 amide bonds. The topological polar surface area (TPSA) is 57.2 Å². The molecule has 2 heterocycles. The van der Waals surface area contributed by atoms with Crippen LogP contribution in [0.15, 0.2) is 18.2 Å². The number of benzene rings is 1. The first kappa shape index (κ1) is 12.7. The average molecular weight is 266 g/mol. The van der Waals surface area contributed by atoms with E-state index in [4.69, 9.17) is 18.9 Å². The van der Waals surface area contributed by atoms with Crippen LogP contribution in [0.4, 0.5) is 0 Å². The monoisotopic (exact) mass is 266 g/mol. The fourth-order valence-electron chi connectivity index (χ4n) is 2.24. The van der Waals surface area contributed by atoms with Gasteiger partial charge in [-0.05, 0) is 24.1 Å². The normalized spacial score (nSPS) is 23.3. The summed E-state index contributed by atoms with van der Waals surface area (Å²) in [6, 6.07) is 5.48. The molecule has 2 unspecified atom stereocenters. The first-order chi connectivity index (χ1) is 9.33. The molecule has 0 aliphatic carbocycles. The molecule has 1 aromatic rings. The van der Waals surface area contributed by atoms with Crippen LogP contribution >= 0.6 is 0 Å². The molecule has 104 valence electrons. The van der Waals surface area contributed by atoms with Crippen molar-refractivity contribution >= 4 is 0 Å². The average Bonchev–Trinajstić information content (AvgIpc) is 2.97. The summed E-state index contributed by atoms with van der Waals surface area (Å²) in [6.07, 6.45) is 0.344. The Morgan fingerprint density at radius 2 is 2.05 bits per heavy atom. The summed E-state index contributed by atoms with van der Waals surface area (Å²) in [6.45, 7) is 2.74. The third kappa shape index (κ3) is 3.00. The second-order valence-electron chi connectivity index (χ2n) is 4.74. The second-order valence-corrected chi connectivity index (χ2v) is 4.74. The predicted molar refractivity (Wildman–Crippen MR) is 67.6 cm³/mol. The molecule has 2 aliphatic heterocycles. The molecule has 2 atom stereocenters. The minimum absolute atomic E-state index is 0.104. The molecule has 1 fully saturated rings. The Bertz CT molecular complexity index is 428. The van der Waals surface area contributed by atoms with Crippen LogP contribution < -0.4 is 9.47 Å². The van der Waals surface area contributed by atoms with Gasteiger partial charge in [-0.1, -0.05) is 6.07 Å². The van der Waals surface area contributed by atoms with Crippen molar-refractivity contribution in [3.63, 3.8) is 0 Å². The van der Waals surface area contributed by atoms with Crippen LogP contribution in [0.1, 0.15) is 18.1 Å². The van der Waals surface area contributed by atoms with Gasteiger partial charge in [0.1, 0.15) is 19.3 Å². The number of ether oxygens (including phenoxy) is 4. The van der Waals surface area contributed by atoms with E-state index in [1.54, 1.807) is 0 Å². The fraction of sp³-hybridized carbons (Fsp3) is 0.571. The SMILES string of the molecule is OC(COC1CCOC1)c1ccc2c(c1)OCCO2. The number of fused-ring (bicyclic) bond motifs is 1. The van der Waals surface area contributed by atoms with Crippen LogP contribution in [0.2, 0.25) is 0 Å². The number of aliphatic hydroxyl groups excluding tert-OH is 1. The van der Waals surface area contributed by atoms with Crippen molar-refractivity contribution in [2.45, 2.75) is 18.6 Å². The summed E-state index contributed by atoms with van der Waals surface area (Å²) in [5.41, 5.74) is 0.781. The first-order valence-electron chi connectivity index (χ1n) is 6.60. The van der Waals surface area contributed by atoms with E-state index in [2.05, 4.69) is 0 Å². The van der Waals surface area contributed by atoms with Crippen LogP contribution in [0, 0.1) is 0 Å². The zero-order valence-corrected chi connectivity index (χ0v) is 10.7. The van der Waals surface area contributed by atoms with E-state index in [0.29, 0.717) is 25.6 Å². The van der Waals surface area contributed by atoms with E-state index < -0.39 is 6.10 Å². The molecule has 1 N–H and O–H groups in total. The number of hydrogen-bond acceptors (Lipinski definition) is 5. The highest BCUT2D eigenvalue weighted by Gasteiger charge is 2.19. The third-order valence-corrected chi connectivity index (χ3v) is 3.33. The molecule has 5 heteroatoms. The van der Waals surface area contributed by atoms with Gasteiger partial charge in [0.25, 0.3) is 0 Å². The van der Waals surface area contributed by atoms with Gasteiger partial charge in [-0.25, -0.2) is 0 Å². The number of rotatable bonds is 4. The molecule has 5 nitrogen and oxygen atoms in total. The molecule has 1 aromatic carbocycles. The molecule has 0 bridgehead atoms. The second kappa shape index (κ2) is 5.77. The van der Waals surface area contributed by atoms with Crippen molar-refractivity contribution in [1.82, 2.24) is 0 Å². The molecule has 3 rings (SSSR count). The van der Waals surface area contributed by atoms with Crippen LogP contribution in [0.25, 0.3) is 0 Å². The number of hydrogen-bond donors (Lipinski definition) is 1. The lowest BCUT2D eigenvalue weighted by Crippen LogP contribution is -2.18. The van der Waals surface area contributed by atoms with Crippen molar-refractivity contribution in [2.24, 2.45) is 0 Å². The van der Waals surface area contributed by atoms with Gasteiger partial charge < -0.3 is 24.1 Å². The van der Waals surface area contributed by atoms with Gasteiger partial charge in [0.05, 0.1) is 19.3 Å². The lowest BCUT2D eigenvalue weighted by molar-refractivity contribution is -0.0132. The van der Waals surface area contributed by atoms with Gasteiger partial charge in [-0.15, -0.1) is 0 Å². The third-order valence-electron chi connectivity index (χ3n) is 3.33. The Balaban J connectivity index is 1.60. The minimum atomic E-state index is -0.656. The smallest absolute Gasteiger partial charge is 0.161 e. The molecule has 0 aromatic heterocycles. The quantitative estimate of drug-likeness (QED) is 0.890. The lowest BCUT2D eigenvalue weighted by atomic mass is 10.1. The van der Waals surface area contributed by atoms with Gasteiger partial charge in [0.15, 0.2) is 11.5 Å². The Kier molecular flexibility index (Phi) is 3.87. The Labute approximate surface area is 112 Å². The van der Waals surface area contributed by atoms with E-state index >= 15 is 0 Å². The van der Waals surface area contributed by atoms with E-state index in [9.17, 15) is 5.11 Å². The molecular formula is C14H18O5. The standard InChI is InChI=1S/C14H18O5/c15-12(9-19-11-3-4-16-8-11)10-1-2-13-14(7-10)18-6-5-17-13/h1-2,7,11-12,15H,3-6,8-9H2.